The molecule has 5 nitrogen and oxygen atoms in total. The van der Waals surface area contributed by atoms with E-state index in [1.54, 1.807) is 11.3 Å². The maximum Gasteiger partial charge on any atom is 0.225 e. The molecule has 0 aromatic carbocycles. The van der Waals surface area contributed by atoms with Crippen molar-refractivity contribution in [2.45, 2.75) is 39.0 Å². The van der Waals surface area contributed by atoms with Gasteiger partial charge in [0.05, 0.1) is 0 Å². The number of hydrogen-bond donors (Lipinski definition) is 0. The first-order valence-corrected chi connectivity index (χ1v) is 7.93. The summed E-state index contributed by atoms with van der Waals surface area (Å²) in [7, 11) is 0. The number of piperidine rings is 1. The van der Waals surface area contributed by atoms with Gasteiger partial charge in [0.1, 0.15) is 10.0 Å². The second kappa shape index (κ2) is 5.83. The number of anilines is 1. The lowest BCUT2D eigenvalue weighted by Gasteiger charge is -2.30. The largest absolute Gasteiger partial charge is 0.341 e. The Morgan fingerprint density at radius 2 is 1.90 bits per heavy atom. The van der Waals surface area contributed by atoms with Crippen LogP contribution in [-0.4, -0.2) is 33.3 Å². The number of nitrogens with zero attached hydrogens (tertiary/aromatic N) is 5. The number of rotatable bonds is 3. The molecule has 6 heteroatoms. The first-order valence-electron chi connectivity index (χ1n) is 7.12. The average Bonchev–Trinajstić information content (AvgIpc) is 2.97. The molecule has 0 aliphatic carbocycles. The molecular weight excluding hydrogens is 270 g/mol. The minimum atomic E-state index is 0.550. The Morgan fingerprint density at radius 1 is 1.20 bits per heavy atom. The molecule has 0 unspecified atom stereocenters. The Bertz CT molecular complexity index is 557. The summed E-state index contributed by atoms with van der Waals surface area (Å²) in [4.78, 5) is 11.1. The van der Waals surface area contributed by atoms with Crippen LogP contribution in [-0.2, 0) is 6.42 Å². The van der Waals surface area contributed by atoms with E-state index in [2.05, 4.69) is 32.0 Å². The summed E-state index contributed by atoms with van der Waals surface area (Å²) in [5.74, 6) is 1.40. The lowest BCUT2D eigenvalue weighted by Crippen LogP contribution is -2.34. The molecule has 0 amide bonds. The van der Waals surface area contributed by atoms with E-state index in [0.29, 0.717) is 5.92 Å². The third-order valence-corrected chi connectivity index (χ3v) is 4.91. The Kier molecular flexibility index (Phi) is 3.91. The van der Waals surface area contributed by atoms with E-state index in [9.17, 15) is 0 Å². The SMILES string of the molecule is CCc1nnc(C2CCN(c3ncc(C)cn3)CC2)s1. The third kappa shape index (κ3) is 2.80. The molecule has 2 aromatic rings. The fraction of sp³-hybridized carbons (Fsp3) is 0.571. The number of hydrogen-bond acceptors (Lipinski definition) is 6. The summed E-state index contributed by atoms with van der Waals surface area (Å²) in [6, 6.07) is 0. The normalized spacial score (nSPS) is 16.6. The minimum absolute atomic E-state index is 0.550. The van der Waals surface area contributed by atoms with Gasteiger partial charge in [-0.25, -0.2) is 9.97 Å². The molecule has 20 heavy (non-hydrogen) atoms. The minimum Gasteiger partial charge on any atom is -0.341 e. The Balaban J connectivity index is 1.63. The van der Waals surface area contributed by atoms with Crippen molar-refractivity contribution in [1.29, 1.82) is 0 Å². The zero-order chi connectivity index (χ0) is 13.9. The average molecular weight is 289 g/mol. The molecule has 0 saturated carbocycles. The molecule has 2 aromatic heterocycles. The van der Waals surface area contributed by atoms with E-state index < -0.39 is 0 Å². The van der Waals surface area contributed by atoms with Crippen molar-refractivity contribution in [2.75, 3.05) is 18.0 Å². The van der Waals surface area contributed by atoms with Gasteiger partial charge in [-0.05, 0) is 31.7 Å². The molecule has 1 aliphatic rings. The Morgan fingerprint density at radius 3 is 2.50 bits per heavy atom. The highest BCUT2D eigenvalue weighted by Crippen LogP contribution is 2.31. The summed E-state index contributed by atoms with van der Waals surface area (Å²) >= 11 is 1.77. The highest BCUT2D eigenvalue weighted by molar-refractivity contribution is 7.11. The van der Waals surface area contributed by atoms with Crippen LogP contribution in [0.2, 0.25) is 0 Å². The zero-order valence-corrected chi connectivity index (χ0v) is 12.7. The molecule has 1 fully saturated rings. The fourth-order valence-corrected chi connectivity index (χ4v) is 3.40. The van der Waals surface area contributed by atoms with E-state index in [-0.39, 0.29) is 0 Å². The van der Waals surface area contributed by atoms with E-state index in [4.69, 9.17) is 0 Å². The van der Waals surface area contributed by atoms with Gasteiger partial charge >= 0.3 is 0 Å². The smallest absolute Gasteiger partial charge is 0.225 e. The van der Waals surface area contributed by atoms with Crippen LogP contribution in [0.3, 0.4) is 0 Å². The van der Waals surface area contributed by atoms with Crippen molar-refractivity contribution in [3.05, 3.63) is 28.0 Å². The molecule has 0 bridgehead atoms. The van der Waals surface area contributed by atoms with Crippen molar-refractivity contribution >= 4 is 17.3 Å². The predicted octanol–water partition coefficient (Wildman–Crippen LogP) is 2.58. The van der Waals surface area contributed by atoms with Crippen molar-refractivity contribution in [1.82, 2.24) is 20.2 Å². The summed E-state index contributed by atoms with van der Waals surface area (Å²) in [6.45, 7) is 6.13. The molecule has 0 N–H and O–H groups in total. The van der Waals surface area contributed by atoms with Gasteiger partial charge in [-0.15, -0.1) is 21.5 Å². The molecule has 3 rings (SSSR count). The topological polar surface area (TPSA) is 54.8 Å². The summed E-state index contributed by atoms with van der Waals surface area (Å²) in [6.07, 6.45) is 6.96. The molecule has 3 heterocycles. The van der Waals surface area contributed by atoms with Crippen LogP contribution >= 0.6 is 11.3 Å². The lowest BCUT2D eigenvalue weighted by molar-refractivity contribution is 0.495. The van der Waals surface area contributed by atoms with Crippen LogP contribution in [0.15, 0.2) is 12.4 Å². The van der Waals surface area contributed by atoms with Gasteiger partial charge in [0.2, 0.25) is 5.95 Å². The molecule has 0 atom stereocenters. The highest BCUT2D eigenvalue weighted by atomic mass is 32.1. The summed E-state index contributed by atoms with van der Waals surface area (Å²) < 4.78 is 0. The van der Waals surface area contributed by atoms with E-state index in [1.807, 2.05) is 19.3 Å². The van der Waals surface area contributed by atoms with Crippen LogP contribution < -0.4 is 4.90 Å². The van der Waals surface area contributed by atoms with Gasteiger partial charge < -0.3 is 4.90 Å². The monoisotopic (exact) mass is 289 g/mol. The fourth-order valence-electron chi connectivity index (χ4n) is 2.45. The second-order valence-electron chi connectivity index (χ2n) is 5.21. The highest BCUT2D eigenvalue weighted by Gasteiger charge is 2.24. The van der Waals surface area contributed by atoms with Gasteiger partial charge in [-0.1, -0.05) is 6.92 Å². The third-order valence-electron chi connectivity index (χ3n) is 3.68. The van der Waals surface area contributed by atoms with Gasteiger partial charge in [0.25, 0.3) is 0 Å². The quantitative estimate of drug-likeness (QED) is 0.869. The van der Waals surface area contributed by atoms with Gasteiger partial charge in [-0.2, -0.15) is 0 Å². The second-order valence-corrected chi connectivity index (χ2v) is 6.30. The van der Waals surface area contributed by atoms with Crippen LogP contribution in [0.25, 0.3) is 0 Å². The van der Waals surface area contributed by atoms with Crippen molar-refractivity contribution in [2.24, 2.45) is 0 Å². The van der Waals surface area contributed by atoms with Crippen molar-refractivity contribution < 1.29 is 0 Å². The molecule has 1 saturated heterocycles. The summed E-state index contributed by atoms with van der Waals surface area (Å²) in [5.41, 5.74) is 1.10. The molecule has 106 valence electrons. The van der Waals surface area contributed by atoms with E-state index in [0.717, 1.165) is 48.9 Å². The maximum absolute atomic E-state index is 4.41. The van der Waals surface area contributed by atoms with Gasteiger partial charge in [0, 0.05) is 31.4 Å². The van der Waals surface area contributed by atoms with Crippen LogP contribution in [0.5, 0.6) is 0 Å². The lowest BCUT2D eigenvalue weighted by atomic mass is 9.98. The van der Waals surface area contributed by atoms with Crippen LogP contribution in [0.1, 0.15) is 41.3 Å². The molecule has 0 radical (unpaired) electrons. The zero-order valence-electron chi connectivity index (χ0n) is 11.9. The molecular formula is C14H19N5S. The van der Waals surface area contributed by atoms with E-state index >= 15 is 0 Å². The number of aromatic nitrogens is 4. The predicted molar refractivity (Wildman–Crippen MR) is 80.2 cm³/mol. The Hall–Kier alpha value is -1.56. The standard InChI is InChI=1S/C14H19N5S/c1-3-12-17-18-13(20-12)11-4-6-19(7-5-11)14-15-8-10(2)9-16-14/h8-9,11H,3-7H2,1-2H3. The Labute approximate surface area is 123 Å². The molecule has 1 aliphatic heterocycles. The maximum atomic E-state index is 4.41. The van der Waals surface area contributed by atoms with Gasteiger partial charge in [-0.3, -0.25) is 0 Å². The van der Waals surface area contributed by atoms with E-state index in [1.165, 1.54) is 5.01 Å². The van der Waals surface area contributed by atoms with Gasteiger partial charge in [0.15, 0.2) is 0 Å². The molecule has 0 spiro atoms. The first kappa shape index (κ1) is 13.4. The number of aryl methyl sites for hydroxylation is 2. The van der Waals surface area contributed by atoms with Crippen molar-refractivity contribution in [3.8, 4) is 0 Å². The summed E-state index contributed by atoms with van der Waals surface area (Å²) in [5, 5.41) is 10.9. The van der Waals surface area contributed by atoms with Crippen LogP contribution in [0, 0.1) is 6.92 Å². The van der Waals surface area contributed by atoms with Crippen molar-refractivity contribution in [3.63, 3.8) is 0 Å². The first-order chi connectivity index (χ1) is 9.76. The van der Waals surface area contributed by atoms with Crippen LogP contribution in [0.4, 0.5) is 5.95 Å².